The normalized spacial score (nSPS) is 10.9. The molecule has 0 saturated heterocycles. The average molecular weight is 314 g/mol. The highest BCUT2D eigenvalue weighted by Gasteiger charge is 2.14. The van der Waals surface area contributed by atoms with Gasteiger partial charge in [0.2, 0.25) is 0 Å². The Morgan fingerprint density at radius 3 is 2.52 bits per heavy atom. The third kappa shape index (κ3) is 5.35. The van der Waals surface area contributed by atoms with E-state index in [1.54, 1.807) is 0 Å². The summed E-state index contributed by atoms with van der Waals surface area (Å²) in [6.45, 7) is 0. The van der Waals surface area contributed by atoms with E-state index in [4.69, 9.17) is 9.15 Å². The summed E-state index contributed by atoms with van der Waals surface area (Å²) >= 11 is 0.976. The van der Waals surface area contributed by atoms with Crippen LogP contribution in [0.25, 0.3) is 0 Å². The van der Waals surface area contributed by atoms with Crippen LogP contribution in [0, 0.1) is 0 Å². The van der Waals surface area contributed by atoms with Gasteiger partial charge < -0.3 is 18.6 Å². The van der Waals surface area contributed by atoms with Crippen LogP contribution in [0.1, 0.15) is 5.76 Å². The molecule has 0 spiro atoms. The highest BCUT2D eigenvalue weighted by molar-refractivity contribution is 8.03. The van der Waals surface area contributed by atoms with Crippen LogP contribution in [0.3, 0.4) is 0 Å². The SMILES string of the molecule is COC(=O)/C=C(\SCc1cc(OC)cc(=O)o1)C(=O)OC. The molecule has 0 saturated carbocycles. The molecular formula is C13H14O7S. The van der Waals surface area contributed by atoms with E-state index in [1.165, 1.54) is 33.5 Å². The Morgan fingerprint density at radius 1 is 1.24 bits per heavy atom. The van der Waals surface area contributed by atoms with Gasteiger partial charge in [-0.1, -0.05) is 0 Å². The Hall–Kier alpha value is -2.22. The lowest BCUT2D eigenvalue weighted by molar-refractivity contribution is -0.137. The summed E-state index contributed by atoms with van der Waals surface area (Å²) in [5.41, 5.74) is -0.568. The molecule has 114 valence electrons. The Morgan fingerprint density at radius 2 is 1.95 bits per heavy atom. The molecule has 21 heavy (non-hydrogen) atoms. The molecule has 1 aromatic rings. The van der Waals surface area contributed by atoms with Gasteiger partial charge in [0.05, 0.1) is 33.1 Å². The van der Waals surface area contributed by atoms with Gasteiger partial charge in [-0.2, -0.15) is 0 Å². The lowest BCUT2D eigenvalue weighted by Gasteiger charge is -2.05. The number of esters is 2. The summed E-state index contributed by atoms with van der Waals surface area (Å²) in [6, 6.07) is 2.71. The zero-order chi connectivity index (χ0) is 15.8. The van der Waals surface area contributed by atoms with E-state index in [0.717, 1.165) is 17.8 Å². The smallest absolute Gasteiger partial charge is 0.344 e. The molecule has 0 aromatic carbocycles. The van der Waals surface area contributed by atoms with Gasteiger partial charge in [-0.05, 0) is 0 Å². The quantitative estimate of drug-likeness (QED) is 0.569. The molecule has 1 rings (SSSR count). The van der Waals surface area contributed by atoms with Crippen molar-refractivity contribution in [2.75, 3.05) is 21.3 Å². The fourth-order valence-corrected chi connectivity index (χ4v) is 2.09. The number of carbonyl (C=O) groups excluding carboxylic acids is 2. The zero-order valence-corrected chi connectivity index (χ0v) is 12.5. The number of hydrogen-bond donors (Lipinski definition) is 0. The Balaban J connectivity index is 2.89. The number of methoxy groups -OCH3 is 3. The van der Waals surface area contributed by atoms with E-state index >= 15 is 0 Å². The first kappa shape index (κ1) is 16.8. The van der Waals surface area contributed by atoms with Crippen LogP contribution >= 0.6 is 11.8 Å². The second-order valence-electron chi connectivity index (χ2n) is 3.59. The number of carbonyl (C=O) groups is 2. The van der Waals surface area contributed by atoms with E-state index in [0.29, 0.717) is 11.5 Å². The first-order valence-corrected chi connectivity index (χ1v) is 6.67. The predicted molar refractivity (Wildman–Crippen MR) is 74.9 cm³/mol. The van der Waals surface area contributed by atoms with Gasteiger partial charge in [0.15, 0.2) is 0 Å². The van der Waals surface area contributed by atoms with Crippen molar-refractivity contribution in [2.24, 2.45) is 0 Å². The van der Waals surface area contributed by atoms with E-state index in [2.05, 4.69) is 9.47 Å². The fourth-order valence-electron chi connectivity index (χ4n) is 1.27. The molecule has 7 nitrogen and oxygen atoms in total. The molecular weight excluding hydrogens is 300 g/mol. The van der Waals surface area contributed by atoms with E-state index in [9.17, 15) is 14.4 Å². The second-order valence-corrected chi connectivity index (χ2v) is 4.61. The third-order valence-corrected chi connectivity index (χ3v) is 3.26. The summed E-state index contributed by atoms with van der Waals surface area (Å²) < 4.78 is 18.9. The first-order chi connectivity index (χ1) is 9.99. The molecule has 0 fully saturated rings. The minimum atomic E-state index is -0.685. The van der Waals surface area contributed by atoms with Crippen molar-refractivity contribution in [3.8, 4) is 5.75 Å². The van der Waals surface area contributed by atoms with Crippen LogP contribution in [0.4, 0.5) is 0 Å². The molecule has 8 heteroatoms. The van der Waals surface area contributed by atoms with Crippen LogP contribution in [0.2, 0.25) is 0 Å². The number of hydrogen-bond acceptors (Lipinski definition) is 8. The summed E-state index contributed by atoms with van der Waals surface area (Å²) in [5, 5.41) is 0. The molecule has 0 atom stereocenters. The molecule has 0 unspecified atom stereocenters. The van der Waals surface area contributed by atoms with Crippen molar-refractivity contribution >= 4 is 23.7 Å². The van der Waals surface area contributed by atoms with E-state index in [-0.39, 0.29) is 10.7 Å². The Bertz CT molecular complexity index is 603. The number of ether oxygens (including phenoxy) is 3. The van der Waals surface area contributed by atoms with Gasteiger partial charge in [-0.25, -0.2) is 14.4 Å². The van der Waals surface area contributed by atoms with Crippen LogP contribution in [0.15, 0.2) is 32.3 Å². The molecule has 1 heterocycles. The van der Waals surface area contributed by atoms with Crippen molar-refractivity contribution in [3.05, 3.63) is 39.3 Å². The van der Waals surface area contributed by atoms with Gasteiger partial charge in [0.1, 0.15) is 16.4 Å². The van der Waals surface area contributed by atoms with Crippen LogP contribution in [0.5, 0.6) is 5.75 Å². The topological polar surface area (TPSA) is 92.0 Å². The van der Waals surface area contributed by atoms with Crippen LogP contribution in [-0.4, -0.2) is 33.3 Å². The lowest BCUT2D eigenvalue weighted by atomic mass is 10.4. The second kappa shape index (κ2) is 8.15. The standard InChI is InChI=1S/C13H14O7S/c1-17-8-4-9(20-12(15)5-8)7-21-10(13(16)19-3)6-11(14)18-2/h4-6H,7H2,1-3H3/b10-6-. The van der Waals surface area contributed by atoms with Gasteiger partial charge in [0, 0.05) is 12.1 Å². The number of rotatable bonds is 6. The number of thioether (sulfide) groups is 1. The van der Waals surface area contributed by atoms with Gasteiger partial charge in [0.25, 0.3) is 0 Å². The minimum absolute atomic E-state index is 0.0369. The van der Waals surface area contributed by atoms with Crippen molar-refractivity contribution < 1.29 is 28.2 Å². The monoisotopic (exact) mass is 314 g/mol. The fraction of sp³-hybridized carbons (Fsp3) is 0.308. The largest absolute Gasteiger partial charge is 0.496 e. The highest BCUT2D eigenvalue weighted by atomic mass is 32.2. The predicted octanol–water partition coefficient (Wildman–Crippen LogP) is 1.11. The summed E-state index contributed by atoms with van der Waals surface area (Å²) in [7, 11) is 3.81. The summed E-state index contributed by atoms with van der Waals surface area (Å²) in [5.74, 6) is -0.585. The molecule has 0 N–H and O–H groups in total. The molecule has 0 aliphatic carbocycles. The Kier molecular flexibility index (Phi) is 6.54. The first-order valence-electron chi connectivity index (χ1n) is 5.69. The van der Waals surface area contributed by atoms with Crippen LogP contribution < -0.4 is 10.4 Å². The van der Waals surface area contributed by atoms with Gasteiger partial charge >= 0.3 is 17.6 Å². The molecule has 0 bridgehead atoms. The lowest BCUT2D eigenvalue weighted by Crippen LogP contribution is -2.07. The highest BCUT2D eigenvalue weighted by Crippen LogP contribution is 2.23. The minimum Gasteiger partial charge on any atom is -0.496 e. The van der Waals surface area contributed by atoms with Crippen molar-refractivity contribution in [1.29, 1.82) is 0 Å². The van der Waals surface area contributed by atoms with Crippen molar-refractivity contribution in [1.82, 2.24) is 0 Å². The third-order valence-electron chi connectivity index (χ3n) is 2.24. The summed E-state index contributed by atoms with van der Waals surface area (Å²) in [4.78, 5) is 34.1. The van der Waals surface area contributed by atoms with Crippen LogP contribution in [-0.2, 0) is 24.8 Å². The zero-order valence-electron chi connectivity index (χ0n) is 11.7. The molecule has 0 amide bonds. The average Bonchev–Trinajstić information content (AvgIpc) is 2.49. The van der Waals surface area contributed by atoms with Gasteiger partial charge in [-0.15, -0.1) is 11.8 Å². The van der Waals surface area contributed by atoms with E-state index in [1.807, 2.05) is 0 Å². The maximum Gasteiger partial charge on any atom is 0.344 e. The molecule has 0 radical (unpaired) electrons. The van der Waals surface area contributed by atoms with Crippen molar-refractivity contribution in [2.45, 2.75) is 5.75 Å². The van der Waals surface area contributed by atoms with Crippen molar-refractivity contribution in [3.63, 3.8) is 0 Å². The maximum atomic E-state index is 11.5. The van der Waals surface area contributed by atoms with Gasteiger partial charge in [-0.3, -0.25) is 0 Å². The Labute approximate surface area is 124 Å². The summed E-state index contributed by atoms with van der Waals surface area (Å²) in [6.07, 6.45) is 1.01. The molecule has 1 aromatic heterocycles. The van der Waals surface area contributed by atoms with E-state index < -0.39 is 17.6 Å². The maximum absolute atomic E-state index is 11.5. The molecule has 0 aliphatic rings. The molecule has 0 aliphatic heterocycles.